The van der Waals surface area contributed by atoms with Gasteiger partial charge in [0.1, 0.15) is 21.5 Å². The topological polar surface area (TPSA) is 120 Å². The molecule has 1 saturated carbocycles. The smallest absolute Gasteiger partial charge is 0.207 e. The van der Waals surface area contributed by atoms with Crippen molar-refractivity contribution in [3.8, 4) is 11.8 Å². The van der Waals surface area contributed by atoms with Crippen molar-refractivity contribution in [1.82, 2.24) is 30.7 Å². The van der Waals surface area contributed by atoms with E-state index < -0.39 is 5.54 Å². The number of nitrogen functional groups attached to an aromatic ring is 1. The molecule has 0 saturated heterocycles. The van der Waals surface area contributed by atoms with Gasteiger partial charge >= 0.3 is 0 Å². The van der Waals surface area contributed by atoms with E-state index >= 15 is 0 Å². The summed E-state index contributed by atoms with van der Waals surface area (Å²) in [4.78, 5) is 15.5. The van der Waals surface area contributed by atoms with Crippen LogP contribution in [0.2, 0.25) is 0 Å². The molecule has 0 bridgehead atoms. The predicted octanol–water partition coefficient (Wildman–Crippen LogP) is 1.42. The lowest BCUT2D eigenvalue weighted by atomic mass is 10.1. The van der Waals surface area contributed by atoms with Gasteiger partial charge in [0.25, 0.3) is 0 Å². The molecular weight excluding hydrogens is 374 g/mol. The molecule has 9 heteroatoms. The average Bonchev–Trinajstić information content (AvgIpc) is 3.26. The molecule has 140 valence electrons. The van der Waals surface area contributed by atoms with Crippen molar-refractivity contribution in [3.05, 3.63) is 57.9 Å². The molecule has 1 aliphatic carbocycles. The number of nitrogens with one attached hydrogen (secondary N) is 1. The molecule has 0 radical (unpaired) electrons. The van der Waals surface area contributed by atoms with Crippen LogP contribution in [0, 0.1) is 11.8 Å². The van der Waals surface area contributed by atoms with Crippen LogP contribution in [0.25, 0.3) is 0 Å². The minimum Gasteiger partial charge on any atom is -0.382 e. The van der Waals surface area contributed by atoms with E-state index in [9.17, 15) is 4.79 Å². The van der Waals surface area contributed by atoms with Crippen molar-refractivity contribution >= 4 is 23.6 Å². The molecule has 4 rings (SSSR count). The van der Waals surface area contributed by atoms with Gasteiger partial charge in [-0.1, -0.05) is 12.0 Å². The van der Waals surface area contributed by atoms with Crippen LogP contribution < -0.4 is 11.1 Å². The van der Waals surface area contributed by atoms with Crippen LogP contribution in [0.3, 0.4) is 0 Å². The number of aromatic nitrogens is 5. The zero-order chi connectivity index (χ0) is 19.4. The Labute approximate surface area is 165 Å². The second-order valence-corrected chi connectivity index (χ2v) is 7.48. The largest absolute Gasteiger partial charge is 0.382 e. The van der Waals surface area contributed by atoms with Gasteiger partial charge in [-0.05, 0) is 36.6 Å². The van der Waals surface area contributed by atoms with Crippen LogP contribution in [0.4, 0.5) is 5.82 Å². The molecule has 1 amide bonds. The fourth-order valence-electron chi connectivity index (χ4n) is 3.05. The maximum Gasteiger partial charge on any atom is 0.207 e. The lowest BCUT2D eigenvalue weighted by Gasteiger charge is -2.14. The van der Waals surface area contributed by atoms with Crippen LogP contribution in [0.15, 0.2) is 36.5 Å². The second-order valence-electron chi connectivity index (χ2n) is 6.38. The summed E-state index contributed by atoms with van der Waals surface area (Å²) in [6.45, 7) is 0. The number of carbonyl (C=O) groups is 1. The Morgan fingerprint density at radius 2 is 2.18 bits per heavy atom. The number of nitrogens with two attached hydrogens (primary N) is 1. The van der Waals surface area contributed by atoms with Gasteiger partial charge in [-0.3, -0.25) is 9.78 Å². The number of amides is 1. The highest BCUT2D eigenvalue weighted by atomic mass is 32.1. The van der Waals surface area contributed by atoms with Gasteiger partial charge in [0, 0.05) is 25.0 Å². The number of anilines is 1. The quantitative estimate of drug-likeness (QED) is 0.482. The van der Waals surface area contributed by atoms with E-state index in [4.69, 9.17) is 5.73 Å². The highest BCUT2D eigenvalue weighted by molar-refractivity contribution is 7.11. The van der Waals surface area contributed by atoms with Crippen molar-refractivity contribution in [1.29, 1.82) is 0 Å². The third-order valence-electron chi connectivity index (χ3n) is 4.55. The number of carbonyl (C=O) groups excluding carboxylic acids is 1. The Morgan fingerprint density at radius 1 is 1.25 bits per heavy atom. The zero-order valence-electron chi connectivity index (χ0n) is 14.9. The van der Waals surface area contributed by atoms with E-state index in [1.165, 1.54) is 0 Å². The van der Waals surface area contributed by atoms with Gasteiger partial charge < -0.3 is 11.1 Å². The van der Waals surface area contributed by atoms with Crippen LogP contribution >= 0.6 is 11.3 Å². The van der Waals surface area contributed by atoms with Gasteiger partial charge in [0.15, 0.2) is 0 Å². The molecule has 3 heterocycles. The summed E-state index contributed by atoms with van der Waals surface area (Å²) < 4.78 is 0. The van der Waals surface area contributed by atoms with Gasteiger partial charge in [-0.15, -0.1) is 31.7 Å². The highest BCUT2D eigenvalue weighted by Crippen LogP contribution is 2.58. The monoisotopic (exact) mass is 391 g/mol. The summed E-state index contributed by atoms with van der Waals surface area (Å²) in [5.74, 6) is 6.48. The Bertz CT molecular complexity index is 1030. The van der Waals surface area contributed by atoms with E-state index in [1.807, 2.05) is 18.2 Å². The van der Waals surface area contributed by atoms with Crippen LogP contribution in [0.5, 0.6) is 0 Å². The van der Waals surface area contributed by atoms with Crippen molar-refractivity contribution in [2.24, 2.45) is 0 Å². The predicted molar refractivity (Wildman–Crippen MR) is 104 cm³/mol. The van der Waals surface area contributed by atoms with Crippen molar-refractivity contribution < 1.29 is 4.79 Å². The SMILES string of the molecule is Nc1ccc(C#CCCc2nnc(C3CC3(NC=O)c3ccccn3)s2)nn1. The normalized spacial score (nSPS) is 20.1. The van der Waals surface area contributed by atoms with Crippen LogP contribution in [0.1, 0.15) is 40.2 Å². The van der Waals surface area contributed by atoms with Crippen molar-refractivity contribution in [2.75, 3.05) is 5.73 Å². The van der Waals surface area contributed by atoms with Crippen LogP contribution in [-0.4, -0.2) is 31.8 Å². The molecule has 2 unspecified atom stereocenters. The Balaban J connectivity index is 1.40. The van der Waals surface area contributed by atoms with E-state index in [1.54, 1.807) is 29.7 Å². The maximum atomic E-state index is 11.1. The molecular formula is C19H17N7OS. The minimum atomic E-state index is -0.479. The number of aryl methyl sites for hydroxylation is 1. The first-order chi connectivity index (χ1) is 13.7. The molecule has 0 aliphatic heterocycles. The molecule has 1 aliphatic rings. The highest BCUT2D eigenvalue weighted by Gasteiger charge is 2.59. The summed E-state index contributed by atoms with van der Waals surface area (Å²) >= 11 is 1.56. The molecule has 3 N–H and O–H groups in total. The summed E-state index contributed by atoms with van der Waals surface area (Å²) in [6.07, 6.45) is 4.58. The number of pyridine rings is 1. The third kappa shape index (κ3) is 3.68. The molecule has 3 aromatic rings. The molecule has 0 aromatic carbocycles. The standard InChI is InChI=1S/C19H17N7OS/c20-16-9-8-13(23-24-16)5-1-2-7-17-25-26-18(28-17)14-11-19(14,22-12-27)15-6-3-4-10-21-15/h3-4,6,8-10,12,14H,2,7,11H2,(H2,20,24)(H,22,27). The molecule has 1 fully saturated rings. The van der Waals surface area contributed by atoms with Crippen molar-refractivity contribution in [3.63, 3.8) is 0 Å². The summed E-state index contributed by atoms with van der Waals surface area (Å²) in [6, 6.07) is 9.11. The summed E-state index contributed by atoms with van der Waals surface area (Å²) in [5.41, 5.74) is 6.46. The van der Waals surface area contributed by atoms with E-state index in [2.05, 4.69) is 42.5 Å². The molecule has 0 spiro atoms. The second kappa shape index (κ2) is 7.70. The number of rotatable bonds is 6. The Kier molecular flexibility index (Phi) is 4.95. The fourth-order valence-corrected chi connectivity index (χ4v) is 4.09. The summed E-state index contributed by atoms with van der Waals surface area (Å²) in [7, 11) is 0. The van der Waals surface area contributed by atoms with Gasteiger partial charge in [-0.2, -0.15) is 0 Å². The number of hydrogen-bond acceptors (Lipinski definition) is 8. The van der Waals surface area contributed by atoms with E-state index in [0.717, 1.165) is 28.5 Å². The van der Waals surface area contributed by atoms with Gasteiger partial charge in [0.2, 0.25) is 6.41 Å². The van der Waals surface area contributed by atoms with Gasteiger partial charge in [-0.25, -0.2) is 0 Å². The van der Waals surface area contributed by atoms with E-state index in [0.29, 0.717) is 24.4 Å². The zero-order valence-corrected chi connectivity index (χ0v) is 15.7. The first-order valence-electron chi connectivity index (χ1n) is 8.74. The van der Waals surface area contributed by atoms with E-state index in [-0.39, 0.29) is 5.92 Å². The Hall–Kier alpha value is -3.38. The number of hydrogen-bond donors (Lipinski definition) is 2. The first-order valence-corrected chi connectivity index (χ1v) is 9.56. The molecule has 2 atom stereocenters. The lowest BCUT2D eigenvalue weighted by molar-refractivity contribution is -0.110. The number of nitrogens with zero attached hydrogens (tertiary/aromatic N) is 5. The van der Waals surface area contributed by atoms with Crippen molar-refractivity contribution in [2.45, 2.75) is 30.7 Å². The lowest BCUT2D eigenvalue weighted by Crippen LogP contribution is -2.30. The van der Waals surface area contributed by atoms with Crippen LogP contribution in [-0.2, 0) is 16.8 Å². The molecule has 28 heavy (non-hydrogen) atoms. The fraction of sp³-hybridized carbons (Fsp3) is 0.263. The van der Waals surface area contributed by atoms with Gasteiger partial charge in [0.05, 0.1) is 11.2 Å². The third-order valence-corrected chi connectivity index (χ3v) is 5.64. The molecule has 3 aromatic heterocycles. The average molecular weight is 391 g/mol. The minimum absolute atomic E-state index is 0.0926. The Morgan fingerprint density at radius 3 is 2.93 bits per heavy atom. The maximum absolute atomic E-state index is 11.1. The summed E-state index contributed by atoms with van der Waals surface area (Å²) in [5, 5.41) is 21.0. The first kappa shape index (κ1) is 18.0. The molecule has 8 nitrogen and oxygen atoms in total.